The van der Waals surface area contributed by atoms with Crippen LogP contribution in [-0.4, -0.2) is 25.2 Å². The predicted molar refractivity (Wildman–Crippen MR) is 83.6 cm³/mol. The summed E-state index contributed by atoms with van der Waals surface area (Å²) in [5.74, 6) is -1.01. The van der Waals surface area contributed by atoms with E-state index in [1.165, 1.54) is 31.0 Å². The van der Waals surface area contributed by atoms with Crippen molar-refractivity contribution in [1.82, 2.24) is 0 Å². The van der Waals surface area contributed by atoms with E-state index in [-0.39, 0.29) is 16.2 Å². The van der Waals surface area contributed by atoms with Crippen molar-refractivity contribution < 1.29 is 18.3 Å². The number of unbranched alkanes of at least 4 members (excludes halogenated alkanes) is 5. The summed E-state index contributed by atoms with van der Waals surface area (Å²) in [6, 6.07) is 4.42. The molecular formula is C16H24O4S. The highest BCUT2D eigenvalue weighted by Gasteiger charge is 2.20. The van der Waals surface area contributed by atoms with Crippen LogP contribution in [0.2, 0.25) is 0 Å². The number of rotatable bonds is 9. The second kappa shape index (κ2) is 8.17. The molecule has 1 aromatic carbocycles. The number of benzene rings is 1. The summed E-state index contributed by atoms with van der Waals surface area (Å²) in [5, 5.41) is 9.06. The van der Waals surface area contributed by atoms with Crippen molar-refractivity contribution in [1.29, 1.82) is 0 Å². The van der Waals surface area contributed by atoms with Crippen LogP contribution in [-0.2, 0) is 9.84 Å². The van der Waals surface area contributed by atoms with Crippen LogP contribution < -0.4 is 0 Å². The molecule has 0 atom stereocenters. The van der Waals surface area contributed by atoms with E-state index in [9.17, 15) is 13.2 Å². The van der Waals surface area contributed by atoms with Crippen LogP contribution in [0.4, 0.5) is 0 Å². The Morgan fingerprint density at radius 3 is 2.33 bits per heavy atom. The van der Waals surface area contributed by atoms with Gasteiger partial charge in [0.25, 0.3) is 0 Å². The molecule has 0 spiro atoms. The number of hydrogen-bond acceptors (Lipinski definition) is 3. The topological polar surface area (TPSA) is 71.4 Å². The molecule has 118 valence electrons. The Labute approximate surface area is 127 Å². The Balaban J connectivity index is 2.71. The standard InChI is InChI=1S/C16H24O4S/c1-3-4-5-6-7-8-12-21(19,20)15-11-9-10-14(13(15)2)16(17)18/h9-11H,3-8,12H2,1-2H3,(H,17,18). The van der Waals surface area contributed by atoms with Gasteiger partial charge in [-0.25, -0.2) is 13.2 Å². The smallest absolute Gasteiger partial charge is 0.335 e. The number of hydrogen-bond donors (Lipinski definition) is 1. The summed E-state index contributed by atoms with van der Waals surface area (Å²) >= 11 is 0. The molecule has 0 aliphatic carbocycles. The fraction of sp³-hybridized carbons (Fsp3) is 0.562. The molecule has 5 heteroatoms. The molecule has 0 aromatic heterocycles. The van der Waals surface area contributed by atoms with Gasteiger partial charge in [0.05, 0.1) is 16.2 Å². The van der Waals surface area contributed by atoms with Gasteiger partial charge in [-0.15, -0.1) is 0 Å². The zero-order valence-corrected chi connectivity index (χ0v) is 13.6. The Kier molecular flexibility index (Phi) is 6.89. The first-order valence-electron chi connectivity index (χ1n) is 7.45. The van der Waals surface area contributed by atoms with Gasteiger partial charge < -0.3 is 5.11 Å². The molecule has 0 aliphatic rings. The van der Waals surface area contributed by atoms with E-state index < -0.39 is 15.8 Å². The molecule has 4 nitrogen and oxygen atoms in total. The van der Waals surface area contributed by atoms with Crippen LogP contribution in [0.1, 0.15) is 61.4 Å². The number of carboxylic acid groups (broad SMARTS) is 1. The summed E-state index contributed by atoms with van der Waals surface area (Å²) in [6.45, 7) is 3.69. The third-order valence-corrected chi connectivity index (χ3v) is 5.55. The van der Waals surface area contributed by atoms with Gasteiger partial charge in [0.15, 0.2) is 9.84 Å². The molecule has 0 radical (unpaired) electrons. The summed E-state index contributed by atoms with van der Waals surface area (Å²) < 4.78 is 24.6. The van der Waals surface area contributed by atoms with Crippen molar-refractivity contribution in [3.8, 4) is 0 Å². The van der Waals surface area contributed by atoms with Crippen LogP contribution in [0.15, 0.2) is 23.1 Å². The summed E-state index contributed by atoms with van der Waals surface area (Å²) in [4.78, 5) is 11.2. The molecule has 0 unspecified atom stereocenters. The average molecular weight is 312 g/mol. The first-order valence-corrected chi connectivity index (χ1v) is 9.11. The fourth-order valence-corrected chi connectivity index (χ4v) is 4.03. The predicted octanol–water partition coefficient (Wildman–Crippen LogP) is 3.83. The van der Waals surface area contributed by atoms with Gasteiger partial charge in [0.2, 0.25) is 0 Å². The average Bonchev–Trinajstić information content (AvgIpc) is 2.42. The quantitative estimate of drug-likeness (QED) is 0.703. The first-order chi connectivity index (χ1) is 9.90. The third-order valence-electron chi connectivity index (χ3n) is 3.62. The van der Waals surface area contributed by atoms with Crippen molar-refractivity contribution >= 4 is 15.8 Å². The molecule has 0 bridgehead atoms. The largest absolute Gasteiger partial charge is 0.478 e. The number of aromatic carboxylic acids is 1. The van der Waals surface area contributed by atoms with Crippen molar-refractivity contribution in [2.45, 2.75) is 57.3 Å². The van der Waals surface area contributed by atoms with Crippen LogP contribution in [0, 0.1) is 6.92 Å². The zero-order valence-electron chi connectivity index (χ0n) is 12.8. The lowest BCUT2D eigenvalue weighted by Crippen LogP contribution is -2.11. The van der Waals surface area contributed by atoms with E-state index in [0.29, 0.717) is 12.0 Å². The normalized spacial score (nSPS) is 11.5. The number of carboxylic acids is 1. The molecule has 0 amide bonds. The number of carbonyl (C=O) groups is 1. The van der Waals surface area contributed by atoms with Crippen molar-refractivity contribution in [3.05, 3.63) is 29.3 Å². The minimum absolute atomic E-state index is 0.0546. The maximum absolute atomic E-state index is 12.3. The lowest BCUT2D eigenvalue weighted by atomic mass is 10.1. The van der Waals surface area contributed by atoms with Gasteiger partial charge in [-0.05, 0) is 31.0 Å². The van der Waals surface area contributed by atoms with E-state index in [2.05, 4.69) is 6.92 Å². The molecule has 0 fully saturated rings. The minimum Gasteiger partial charge on any atom is -0.478 e. The molecule has 0 heterocycles. The van der Waals surface area contributed by atoms with Crippen LogP contribution >= 0.6 is 0 Å². The highest BCUT2D eigenvalue weighted by Crippen LogP contribution is 2.21. The van der Waals surface area contributed by atoms with Gasteiger partial charge >= 0.3 is 5.97 Å². The van der Waals surface area contributed by atoms with Crippen LogP contribution in [0.5, 0.6) is 0 Å². The van der Waals surface area contributed by atoms with E-state index in [1.54, 1.807) is 6.92 Å². The Hall–Kier alpha value is -1.36. The Bertz CT molecular complexity index is 576. The van der Waals surface area contributed by atoms with E-state index in [1.807, 2.05) is 0 Å². The molecular weight excluding hydrogens is 288 g/mol. The zero-order chi connectivity index (χ0) is 15.9. The van der Waals surface area contributed by atoms with Gasteiger partial charge in [-0.1, -0.05) is 45.1 Å². The van der Waals surface area contributed by atoms with Gasteiger partial charge in [-0.2, -0.15) is 0 Å². The number of sulfone groups is 1. The summed E-state index contributed by atoms with van der Waals surface area (Å²) in [6.07, 6.45) is 6.08. The maximum atomic E-state index is 12.3. The van der Waals surface area contributed by atoms with Crippen molar-refractivity contribution in [2.24, 2.45) is 0 Å². The van der Waals surface area contributed by atoms with Gasteiger partial charge in [-0.3, -0.25) is 0 Å². The SMILES string of the molecule is CCCCCCCCS(=O)(=O)c1cccc(C(=O)O)c1C. The molecule has 0 saturated heterocycles. The highest BCUT2D eigenvalue weighted by atomic mass is 32.2. The van der Waals surface area contributed by atoms with E-state index in [4.69, 9.17) is 5.11 Å². The van der Waals surface area contributed by atoms with Gasteiger partial charge in [0.1, 0.15) is 0 Å². The second-order valence-electron chi connectivity index (χ2n) is 5.32. The highest BCUT2D eigenvalue weighted by molar-refractivity contribution is 7.91. The lowest BCUT2D eigenvalue weighted by molar-refractivity contribution is 0.0696. The van der Waals surface area contributed by atoms with Crippen molar-refractivity contribution in [2.75, 3.05) is 5.75 Å². The third kappa shape index (κ3) is 5.16. The molecule has 1 aromatic rings. The Morgan fingerprint density at radius 1 is 1.10 bits per heavy atom. The summed E-state index contributed by atoms with van der Waals surface area (Å²) in [5.41, 5.74) is 0.384. The summed E-state index contributed by atoms with van der Waals surface area (Å²) in [7, 11) is -3.40. The van der Waals surface area contributed by atoms with E-state index in [0.717, 1.165) is 19.3 Å². The fourth-order valence-electron chi connectivity index (χ4n) is 2.37. The minimum atomic E-state index is -3.40. The first kappa shape index (κ1) is 17.7. The molecule has 1 rings (SSSR count). The molecule has 0 aliphatic heterocycles. The monoisotopic (exact) mass is 312 g/mol. The van der Waals surface area contributed by atoms with E-state index >= 15 is 0 Å². The second-order valence-corrected chi connectivity index (χ2v) is 7.40. The molecule has 21 heavy (non-hydrogen) atoms. The van der Waals surface area contributed by atoms with Crippen LogP contribution in [0.25, 0.3) is 0 Å². The van der Waals surface area contributed by atoms with Crippen LogP contribution in [0.3, 0.4) is 0 Å². The van der Waals surface area contributed by atoms with Gasteiger partial charge in [0, 0.05) is 0 Å². The Morgan fingerprint density at radius 2 is 1.71 bits per heavy atom. The molecule has 0 saturated carbocycles. The lowest BCUT2D eigenvalue weighted by Gasteiger charge is -2.09. The molecule has 1 N–H and O–H groups in total. The maximum Gasteiger partial charge on any atom is 0.335 e. The van der Waals surface area contributed by atoms with Crippen molar-refractivity contribution in [3.63, 3.8) is 0 Å².